The number of carbonyl (C=O) groups excluding carboxylic acids is 1. The highest BCUT2D eigenvalue weighted by Crippen LogP contribution is 2.25. The highest BCUT2D eigenvalue weighted by molar-refractivity contribution is 6.07. The maximum atomic E-state index is 13.5. The highest BCUT2D eigenvalue weighted by Gasteiger charge is 2.18. The van der Waals surface area contributed by atoms with E-state index in [0.29, 0.717) is 12.6 Å². The number of fused-ring (bicyclic) bond motifs is 1. The molecule has 1 unspecified atom stereocenters. The van der Waals surface area contributed by atoms with Gasteiger partial charge in [0, 0.05) is 24.7 Å². The quantitative estimate of drug-likeness (QED) is 0.305. The van der Waals surface area contributed by atoms with Crippen LogP contribution in [0.2, 0.25) is 0 Å². The minimum absolute atomic E-state index is 0.0955. The molecule has 0 fully saturated rings. The first kappa shape index (κ1) is 26.2. The lowest BCUT2D eigenvalue weighted by atomic mass is 9.99. The van der Waals surface area contributed by atoms with Gasteiger partial charge in [-0.25, -0.2) is 0 Å². The first-order valence-electron chi connectivity index (χ1n) is 12.6. The Hall–Kier alpha value is -3.43. The van der Waals surface area contributed by atoms with Crippen LogP contribution in [0.4, 0.5) is 0 Å². The van der Waals surface area contributed by atoms with E-state index in [1.165, 1.54) is 22.3 Å². The van der Waals surface area contributed by atoms with Crippen molar-refractivity contribution in [1.29, 1.82) is 0 Å². The van der Waals surface area contributed by atoms with E-state index >= 15 is 0 Å². The number of amides is 1. The van der Waals surface area contributed by atoms with Gasteiger partial charge in [0.05, 0.1) is 0 Å². The third-order valence-corrected chi connectivity index (χ3v) is 6.26. The van der Waals surface area contributed by atoms with Gasteiger partial charge < -0.3 is 10.6 Å². The third-order valence-electron chi connectivity index (χ3n) is 6.26. The summed E-state index contributed by atoms with van der Waals surface area (Å²) in [5.41, 5.74) is 10.9. The monoisotopic (exact) mass is 466 g/mol. The third kappa shape index (κ3) is 7.03. The molecule has 3 heteroatoms. The molecule has 182 valence electrons. The van der Waals surface area contributed by atoms with Crippen molar-refractivity contribution in [2.45, 2.75) is 53.1 Å². The van der Waals surface area contributed by atoms with Crippen LogP contribution in [0.5, 0.6) is 0 Å². The average Bonchev–Trinajstić information content (AvgIpc) is 2.89. The van der Waals surface area contributed by atoms with Crippen LogP contribution in [0.15, 0.2) is 91.0 Å². The van der Waals surface area contributed by atoms with Crippen molar-refractivity contribution in [3.8, 4) is 11.1 Å². The van der Waals surface area contributed by atoms with Crippen LogP contribution in [0.3, 0.4) is 0 Å². The van der Waals surface area contributed by atoms with E-state index in [-0.39, 0.29) is 5.91 Å². The van der Waals surface area contributed by atoms with Gasteiger partial charge in [-0.1, -0.05) is 92.7 Å². The Labute approximate surface area is 210 Å². The lowest BCUT2D eigenvalue weighted by Gasteiger charge is -2.24. The van der Waals surface area contributed by atoms with Crippen molar-refractivity contribution < 1.29 is 4.79 Å². The number of nitrogens with zero attached hydrogens (tertiary/aromatic N) is 1. The first-order chi connectivity index (χ1) is 16.9. The molecule has 0 aliphatic carbocycles. The van der Waals surface area contributed by atoms with Crippen molar-refractivity contribution in [3.05, 3.63) is 108 Å². The van der Waals surface area contributed by atoms with Crippen molar-refractivity contribution in [2.75, 3.05) is 6.54 Å². The van der Waals surface area contributed by atoms with E-state index in [1.54, 1.807) is 0 Å². The molecule has 1 atom stereocenters. The van der Waals surface area contributed by atoms with Crippen LogP contribution >= 0.6 is 0 Å². The van der Waals surface area contributed by atoms with Gasteiger partial charge in [0.2, 0.25) is 0 Å². The summed E-state index contributed by atoms with van der Waals surface area (Å²) in [5, 5.41) is 2.11. The Bertz CT molecular complexity index is 1230. The van der Waals surface area contributed by atoms with Crippen LogP contribution in [0.25, 0.3) is 21.9 Å². The van der Waals surface area contributed by atoms with Gasteiger partial charge in [-0.2, -0.15) is 0 Å². The van der Waals surface area contributed by atoms with Crippen molar-refractivity contribution >= 4 is 16.7 Å². The second-order valence-electron chi connectivity index (χ2n) is 9.15. The van der Waals surface area contributed by atoms with E-state index in [4.69, 9.17) is 5.73 Å². The molecule has 0 spiro atoms. The summed E-state index contributed by atoms with van der Waals surface area (Å²) in [5.74, 6) is 0.0955. The zero-order valence-electron chi connectivity index (χ0n) is 21.5. The lowest BCUT2D eigenvalue weighted by Crippen LogP contribution is -2.31. The molecule has 35 heavy (non-hydrogen) atoms. The van der Waals surface area contributed by atoms with Crippen molar-refractivity contribution in [3.63, 3.8) is 0 Å². The Balaban J connectivity index is 0.000000623. The predicted molar refractivity (Wildman–Crippen MR) is 150 cm³/mol. The molecular weight excluding hydrogens is 428 g/mol. The molecule has 4 rings (SSSR count). The van der Waals surface area contributed by atoms with E-state index < -0.39 is 0 Å². The number of hydrogen-bond acceptors (Lipinski definition) is 2. The molecule has 3 nitrogen and oxygen atoms in total. The molecule has 0 saturated heterocycles. The van der Waals surface area contributed by atoms with Gasteiger partial charge >= 0.3 is 0 Å². The van der Waals surface area contributed by atoms with E-state index in [1.807, 2.05) is 48.2 Å². The first-order valence-corrected chi connectivity index (χ1v) is 12.6. The average molecular weight is 467 g/mol. The minimum Gasteiger partial charge on any atom is -0.334 e. The predicted octanol–water partition coefficient (Wildman–Crippen LogP) is 7.61. The zero-order chi connectivity index (χ0) is 25.2. The Morgan fingerprint density at radius 1 is 0.857 bits per heavy atom. The maximum Gasteiger partial charge on any atom is 0.254 e. The summed E-state index contributed by atoms with van der Waals surface area (Å²) in [4.78, 5) is 15.5. The number of aryl methyl sites for hydroxylation is 1. The molecule has 4 aromatic carbocycles. The van der Waals surface area contributed by atoms with Crippen molar-refractivity contribution in [2.24, 2.45) is 5.73 Å². The molecule has 0 bridgehead atoms. The largest absolute Gasteiger partial charge is 0.334 e. The molecule has 0 heterocycles. The topological polar surface area (TPSA) is 46.3 Å². The number of nitrogens with two attached hydrogens (primary N) is 1. The molecule has 0 aromatic heterocycles. The maximum absolute atomic E-state index is 13.5. The van der Waals surface area contributed by atoms with Crippen LogP contribution in [0, 0.1) is 6.92 Å². The molecule has 0 aliphatic rings. The lowest BCUT2D eigenvalue weighted by molar-refractivity contribution is 0.0745. The summed E-state index contributed by atoms with van der Waals surface area (Å²) in [7, 11) is 0. The minimum atomic E-state index is 0.0955. The summed E-state index contributed by atoms with van der Waals surface area (Å²) in [6.45, 7) is 9.66. The van der Waals surface area contributed by atoms with E-state index in [2.05, 4.69) is 75.4 Å². The molecule has 1 amide bonds. The molecule has 4 aromatic rings. The van der Waals surface area contributed by atoms with Crippen LogP contribution in [-0.4, -0.2) is 23.4 Å². The molecule has 2 N–H and O–H groups in total. The van der Waals surface area contributed by atoms with E-state index in [0.717, 1.165) is 35.7 Å². The number of hydrogen-bond donors (Lipinski definition) is 1. The second kappa shape index (κ2) is 12.9. The molecular formula is C32H38N2O. The van der Waals surface area contributed by atoms with Crippen LogP contribution in [-0.2, 0) is 6.54 Å². The van der Waals surface area contributed by atoms with E-state index in [9.17, 15) is 4.79 Å². The SMILES string of the molecule is CCC(C)N.CCCN(Cc1cc(-c2ccccc2)ccc1C)C(=O)c1cccc2ccccc12. The molecule has 0 saturated carbocycles. The smallest absolute Gasteiger partial charge is 0.254 e. The standard InChI is InChI=1S/C28H27NO.C4H11N/c1-3-18-29(28(30)27-15-9-13-23-12-7-8-14-26(23)27)20-25-19-24(17-16-21(25)2)22-10-5-4-6-11-22;1-3-4(2)5/h4-17,19H,3,18,20H2,1-2H3;4H,3,5H2,1-2H3. The fourth-order valence-corrected chi connectivity index (χ4v) is 3.96. The summed E-state index contributed by atoms with van der Waals surface area (Å²) in [6.07, 6.45) is 2.01. The normalized spacial score (nSPS) is 11.5. The summed E-state index contributed by atoms with van der Waals surface area (Å²) in [6, 6.07) is 31.4. The fraction of sp³-hybridized carbons (Fsp3) is 0.281. The van der Waals surface area contributed by atoms with Crippen LogP contribution < -0.4 is 5.73 Å². The Morgan fingerprint density at radius 3 is 2.20 bits per heavy atom. The highest BCUT2D eigenvalue weighted by atomic mass is 16.2. The summed E-state index contributed by atoms with van der Waals surface area (Å²) < 4.78 is 0. The summed E-state index contributed by atoms with van der Waals surface area (Å²) >= 11 is 0. The Morgan fingerprint density at radius 2 is 1.51 bits per heavy atom. The van der Waals surface area contributed by atoms with Gasteiger partial charge in [-0.15, -0.1) is 0 Å². The van der Waals surface area contributed by atoms with Crippen molar-refractivity contribution in [1.82, 2.24) is 4.90 Å². The van der Waals surface area contributed by atoms with Crippen LogP contribution in [0.1, 0.15) is 55.1 Å². The number of benzene rings is 4. The zero-order valence-corrected chi connectivity index (χ0v) is 21.5. The van der Waals surface area contributed by atoms with Gasteiger partial charge in [0.15, 0.2) is 0 Å². The Kier molecular flexibility index (Phi) is 9.63. The number of rotatable bonds is 7. The van der Waals surface area contributed by atoms with Gasteiger partial charge in [-0.05, 0) is 71.8 Å². The number of carbonyl (C=O) groups is 1. The fourth-order valence-electron chi connectivity index (χ4n) is 3.96. The van der Waals surface area contributed by atoms with Gasteiger partial charge in [0.1, 0.15) is 0 Å². The molecule has 0 radical (unpaired) electrons. The second-order valence-corrected chi connectivity index (χ2v) is 9.15. The molecule has 0 aliphatic heterocycles. The van der Waals surface area contributed by atoms with Gasteiger partial charge in [-0.3, -0.25) is 4.79 Å². The van der Waals surface area contributed by atoms with Gasteiger partial charge in [0.25, 0.3) is 5.91 Å².